The molecule has 0 bridgehead atoms. The Hall–Kier alpha value is -1.13. The number of ether oxygens (including phenoxy) is 1. The first-order valence-electron chi connectivity index (χ1n) is 6.63. The number of aryl methyl sites for hydroxylation is 1. The molecule has 0 amide bonds. The minimum absolute atomic E-state index is 0.0149. The van der Waals surface area contributed by atoms with Gasteiger partial charge in [-0.3, -0.25) is 4.98 Å². The number of aromatic nitrogens is 1. The van der Waals surface area contributed by atoms with Crippen molar-refractivity contribution in [1.29, 1.82) is 0 Å². The maximum atomic E-state index is 6.36. The summed E-state index contributed by atoms with van der Waals surface area (Å²) in [5, 5.41) is 0. The normalized spacial score (nSPS) is 13.7. The number of hydrogen-bond donors (Lipinski definition) is 1. The molecule has 0 fully saturated rings. The summed E-state index contributed by atoms with van der Waals surface area (Å²) in [5.41, 5.74) is 9.45. The van der Waals surface area contributed by atoms with Gasteiger partial charge in [0.05, 0.1) is 7.11 Å². The third-order valence-corrected chi connectivity index (χ3v) is 4.22. The van der Waals surface area contributed by atoms with Crippen LogP contribution in [0.5, 0.6) is 5.75 Å². The average Bonchev–Trinajstić information content (AvgIpc) is 2.33. The van der Waals surface area contributed by atoms with Gasteiger partial charge in [-0.2, -0.15) is 0 Å². The molecule has 4 nitrogen and oxygen atoms in total. The van der Waals surface area contributed by atoms with Crippen molar-refractivity contribution >= 4 is 0 Å². The Balaban J connectivity index is 3.01. The van der Waals surface area contributed by atoms with Crippen LogP contribution in [0.25, 0.3) is 0 Å². The summed E-state index contributed by atoms with van der Waals surface area (Å²) < 4.78 is 5.44. The fourth-order valence-electron chi connectivity index (χ4n) is 2.07. The van der Waals surface area contributed by atoms with E-state index < -0.39 is 0 Å². The molecule has 1 heterocycles. The number of nitrogens with two attached hydrogens (primary N) is 1. The molecule has 0 radical (unpaired) electrons. The quantitative estimate of drug-likeness (QED) is 0.883. The van der Waals surface area contributed by atoms with Gasteiger partial charge in [-0.25, -0.2) is 0 Å². The molecule has 0 spiro atoms. The highest BCUT2D eigenvalue weighted by Gasteiger charge is 2.29. The zero-order chi connectivity index (χ0) is 14.8. The van der Waals surface area contributed by atoms with Crippen molar-refractivity contribution in [3.8, 4) is 5.75 Å². The second-order valence-corrected chi connectivity index (χ2v) is 5.90. The van der Waals surface area contributed by atoms with Gasteiger partial charge in [0.2, 0.25) is 0 Å². The van der Waals surface area contributed by atoms with Gasteiger partial charge in [0, 0.05) is 41.0 Å². The molecule has 1 aromatic rings. The predicted molar refractivity (Wildman–Crippen MR) is 79.7 cm³/mol. The fraction of sp³-hybridized carbons (Fsp3) is 0.667. The second kappa shape index (κ2) is 5.88. The summed E-state index contributed by atoms with van der Waals surface area (Å²) in [7, 11) is 5.80. The van der Waals surface area contributed by atoms with E-state index in [0.717, 1.165) is 29.0 Å². The van der Waals surface area contributed by atoms with E-state index in [1.165, 1.54) is 0 Å². The third-order valence-electron chi connectivity index (χ3n) is 4.22. The molecule has 0 aliphatic carbocycles. The number of hydrogen-bond acceptors (Lipinski definition) is 4. The molecular weight excluding hydrogens is 238 g/mol. The zero-order valence-corrected chi connectivity index (χ0v) is 13.2. The summed E-state index contributed by atoms with van der Waals surface area (Å²) in [4.78, 5) is 6.67. The Morgan fingerprint density at radius 3 is 2.42 bits per heavy atom. The SMILES string of the molecule is COc1c(C)cnc(CC(N)C(C)(C)N(C)C)c1C. The highest BCUT2D eigenvalue weighted by molar-refractivity contribution is 5.41. The lowest BCUT2D eigenvalue weighted by molar-refractivity contribution is 0.157. The molecule has 19 heavy (non-hydrogen) atoms. The van der Waals surface area contributed by atoms with E-state index in [4.69, 9.17) is 10.5 Å². The van der Waals surface area contributed by atoms with E-state index >= 15 is 0 Å². The average molecular weight is 265 g/mol. The first-order chi connectivity index (χ1) is 8.71. The van der Waals surface area contributed by atoms with E-state index in [2.05, 4.69) is 37.8 Å². The van der Waals surface area contributed by atoms with E-state index in [1.807, 2.05) is 20.0 Å². The molecule has 0 aliphatic rings. The summed E-state index contributed by atoms with van der Waals surface area (Å²) in [6.45, 7) is 8.35. The smallest absolute Gasteiger partial charge is 0.128 e. The van der Waals surface area contributed by atoms with Crippen molar-refractivity contribution in [2.75, 3.05) is 21.2 Å². The van der Waals surface area contributed by atoms with Gasteiger partial charge in [-0.1, -0.05) is 0 Å². The highest BCUT2D eigenvalue weighted by atomic mass is 16.5. The lowest BCUT2D eigenvalue weighted by atomic mass is 9.89. The summed E-state index contributed by atoms with van der Waals surface area (Å²) >= 11 is 0. The Kier molecular flexibility index (Phi) is 4.93. The topological polar surface area (TPSA) is 51.4 Å². The molecule has 0 aliphatic heterocycles. The van der Waals surface area contributed by atoms with Crippen LogP contribution in [-0.4, -0.2) is 42.7 Å². The van der Waals surface area contributed by atoms with Crippen LogP contribution in [0.4, 0.5) is 0 Å². The van der Waals surface area contributed by atoms with Gasteiger partial charge < -0.3 is 15.4 Å². The lowest BCUT2D eigenvalue weighted by Crippen LogP contribution is -2.54. The minimum Gasteiger partial charge on any atom is -0.496 e. The van der Waals surface area contributed by atoms with E-state index in [1.54, 1.807) is 7.11 Å². The van der Waals surface area contributed by atoms with Gasteiger partial charge in [0.1, 0.15) is 5.75 Å². The van der Waals surface area contributed by atoms with Crippen molar-refractivity contribution in [2.45, 2.75) is 45.7 Å². The van der Waals surface area contributed by atoms with E-state index in [0.29, 0.717) is 0 Å². The van der Waals surface area contributed by atoms with Crippen LogP contribution in [0.2, 0.25) is 0 Å². The van der Waals surface area contributed by atoms with Crippen LogP contribution in [0.1, 0.15) is 30.7 Å². The van der Waals surface area contributed by atoms with Crippen LogP contribution in [0.15, 0.2) is 6.20 Å². The van der Waals surface area contributed by atoms with E-state index in [-0.39, 0.29) is 11.6 Å². The van der Waals surface area contributed by atoms with Gasteiger partial charge in [0.15, 0.2) is 0 Å². The van der Waals surface area contributed by atoms with Gasteiger partial charge in [-0.05, 0) is 41.8 Å². The van der Waals surface area contributed by atoms with Crippen LogP contribution in [0.3, 0.4) is 0 Å². The number of pyridine rings is 1. The van der Waals surface area contributed by atoms with Crippen LogP contribution >= 0.6 is 0 Å². The first kappa shape index (κ1) is 15.9. The third kappa shape index (κ3) is 3.25. The number of likely N-dealkylation sites (N-methyl/N-ethyl adjacent to an activating group) is 1. The van der Waals surface area contributed by atoms with Crippen LogP contribution in [-0.2, 0) is 6.42 Å². The largest absolute Gasteiger partial charge is 0.496 e. The molecule has 1 aromatic heterocycles. The Bertz CT molecular complexity index is 441. The van der Waals surface area contributed by atoms with Crippen molar-refractivity contribution in [3.05, 3.63) is 23.0 Å². The molecule has 0 aromatic carbocycles. The van der Waals surface area contributed by atoms with E-state index in [9.17, 15) is 0 Å². The molecular formula is C15H27N3O. The molecule has 1 rings (SSSR count). The molecule has 1 atom stereocenters. The van der Waals surface area contributed by atoms with Crippen LogP contribution in [0, 0.1) is 13.8 Å². The lowest BCUT2D eigenvalue weighted by Gasteiger charge is -2.38. The highest BCUT2D eigenvalue weighted by Crippen LogP contribution is 2.26. The van der Waals surface area contributed by atoms with Crippen LogP contribution < -0.4 is 10.5 Å². The van der Waals surface area contributed by atoms with Gasteiger partial charge in [0.25, 0.3) is 0 Å². The molecule has 2 N–H and O–H groups in total. The fourth-order valence-corrected chi connectivity index (χ4v) is 2.07. The molecule has 0 saturated carbocycles. The molecule has 1 unspecified atom stereocenters. The van der Waals surface area contributed by atoms with Crippen molar-refractivity contribution in [2.24, 2.45) is 5.73 Å². The monoisotopic (exact) mass is 265 g/mol. The maximum Gasteiger partial charge on any atom is 0.128 e. The summed E-state index contributed by atoms with van der Waals surface area (Å²) in [6, 6.07) is 0.0149. The van der Waals surface area contributed by atoms with Gasteiger partial charge in [-0.15, -0.1) is 0 Å². The number of nitrogens with zero attached hydrogens (tertiary/aromatic N) is 2. The number of methoxy groups -OCH3 is 1. The van der Waals surface area contributed by atoms with Crippen molar-refractivity contribution < 1.29 is 4.74 Å². The molecule has 4 heteroatoms. The maximum absolute atomic E-state index is 6.36. The first-order valence-corrected chi connectivity index (χ1v) is 6.63. The molecule has 108 valence electrons. The Morgan fingerprint density at radius 2 is 1.95 bits per heavy atom. The predicted octanol–water partition coefficient (Wildman–Crippen LogP) is 1.92. The van der Waals surface area contributed by atoms with Crippen molar-refractivity contribution in [3.63, 3.8) is 0 Å². The zero-order valence-electron chi connectivity index (χ0n) is 13.2. The van der Waals surface area contributed by atoms with Gasteiger partial charge >= 0.3 is 0 Å². The Labute approximate surface area is 117 Å². The Morgan fingerprint density at radius 1 is 1.37 bits per heavy atom. The standard InChI is InChI=1S/C15H27N3O/c1-10-9-17-12(11(2)14(10)19-7)8-13(16)15(3,4)18(5)6/h9,13H,8,16H2,1-7H3. The molecule has 0 saturated heterocycles. The minimum atomic E-state index is -0.0771. The number of rotatable bonds is 5. The second-order valence-electron chi connectivity index (χ2n) is 5.90. The summed E-state index contributed by atoms with van der Waals surface area (Å²) in [6.07, 6.45) is 2.60. The van der Waals surface area contributed by atoms with Crippen molar-refractivity contribution in [1.82, 2.24) is 9.88 Å². The summed E-state index contributed by atoms with van der Waals surface area (Å²) in [5.74, 6) is 0.917.